The fraction of sp³-hybridized carbons (Fsp3) is 0.923. The molecule has 4 heteroatoms. The Morgan fingerprint density at radius 2 is 1.82 bits per heavy atom. The monoisotopic (exact) mass is 243 g/mol. The van der Waals surface area contributed by atoms with Crippen LogP contribution in [0.4, 0.5) is 0 Å². The lowest BCUT2D eigenvalue weighted by molar-refractivity contribution is -0.130. The average Bonchev–Trinajstić information content (AvgIpc) is 2.32. The van der Waals surface area contributed by atoms with Gasteiger partial charge in [0.15, 0.2) is 0 Å². The highest BCUT2D eigenvalue weighted by molar-refractivity contribution is 5.76. The summed E-state index contributed by atoms with van der Waals surface area (Å²) in [6.07, 6.45) is 2.54. The third-order valence-corrected chi connectivity index (χ3v) is 3.68. The number of carbonyl (C=O) groups excluding carboxylic acids is 1. The Morgan fingerprint density at radius 3 is 2.29 bits per heavy atom. The molecule has 1 amide bonds. The minimum absolute atomic E-state index is 0.163. The maximum absolute atomic E-state index is 11.8. The predicted molar refractivity (Wildman–Crippen MR) is 72.9 cm³/mol. The molecule has 0 rings (SSSR count). The summed E-state index contributed by atoms with van der Waals surface area (Å²) in [7, 11) is 3.93. The fourth-order valence-corrected chi connectivity index (χ4v) is 1.48. The topological polar surface area (TPSA) is 49.6 Å². The molecule has 102 valence electrons. The first-order valence-electron chi connectivity index (χ1n) is 6.50. The number of amides is 1. The number of nitrogens with zero attached hydrogens (tertiary/aromatic N) is 2. The van der Waals surface area contributed by atoms with Gasteiger partial charge in [-0.1, -0.05) is 6.92 Å². The van der Waals surface area contributed by atoms with Crippen LogP contribution in [0, 0.1) is 0 Å². The standard InChI is InChI=1S/C13H29N3O/c1-6-13(2,3)16(5)11-8-12(17)15(4)10-7-9-14/h6-11,14H2,1-5H3. The van der Waals surface area contributed by atoms with Crippen LogP contribution >= 0.6 is 0 Å². The Morgan fingerprint density at radius 1 is 1.24 bits per heavy atom. The number of hydrogen-bond donors (Lipinski definition) is 1. The van der Waals surface area contributed by atoms with Crippen LogP contribution in [0.5, 0.6) is 0 Å². The number of nitrogens with two attached hydrogens (primary N) is 1. The number of hydrogen-bond acceptors (Lipinski definition) is 3. The molecular formula is C13H29N3O. The Kier molecular flexibility index (Phi) is 7.39. The largest absolute Gasteiger partial charge is 0.346 e. The molecule has 0 fully saturated rings. The van der Waals surface area contributed by atoms with E-state index >= 15 is 0 Å². The Balaban J connectivity index is 3.99. The van der Waals surface area contributed by atoms with E-state index in [0.717, 1.165) is 25.9 Å². The average molecular weight is 243 g/mol. The van der Waals surface area contributed by atoms with Crippen molar-refractivity contribution in [3.8, 4) is 0 Å². The van der Waals surface area contributed by atoms with Crippen LogP contribution in [-0.2, 0) is 4.79 Å². The summed E-state index contributed by atoms with van der Waals surface area (Å²) < 4.78 is 0. The van der Waals surface area contributed by atoms with Crippen molar-refractivity contribution in [3.05, 3.63) is 0 Å². The molecule has 0 unspecified atom stereocenters. The van der Waals surface area contributed by atoms with Crippen LogP contribution in [0.3, 0.4) is 0 Å². The second-order valence-electron chi connectivity index (χ2n) is 5.30. The summed E-state index contributed by atoms with van der Waals surface area (Å²) in [6, 6.07) is 0. The van der Waals surface area contributed by atoms with Crippen molar-refractivity contribution >= 4 is 5.91 Å². The number of carbonyl (C=O) groups is 1. The van der Waals surface area contributed by atoms with Crippen LogP contribution in [0.15, 0.2) is 0 Å². The first-order chi connectivity index (χ1) is 7.85. The highest BCUT2D eigenvalue weighted by atomic mass is 16.2. The van der Waals surface area contributed by atoms with E-state index in [-0.39, 0.29) is 11.4 Å². The van der Waals surface area contributed by atoms with Gasteiger partial charge in [0.2, 0.25) is 5.91 Å². The normalized spacial score (nSPS) is 11.9. The minimum Gasteiger partial charge on any atom is -0.346 e. The lowest BCUT2D eigenvalue weighted by Gasteiger charge is -2.35. The van der Waals surface area contributed by atoms with Crippen LogP contribution < -0.4 is 5.73 Å². The molecule has 0 aromatic carbocycles. The molecule has 0 atom stereocenters. The molecule has 0 bridgehead atoms. The van der Waals surface area contributed by atoms with E-state index in [0.29, 0.717) is 13.0 Å². The van der Waals surface area contributed by atoms with Gasteiger partial charge in [0.1, 0.15) is 0 Å². The molecule has 0 aliphatic carbocycles. The van der Waals surface area contributed by atoms with Gasteiger partial charge < -0.3 is 15.5 Å². The molecule has 2 N–H and O–H groups in total. The second-order valence-corrected chi connectivity index (χ2v) is 5.30. The molecule has 0 spiro atoms. The first-order valence-corrected chi connectivity index (χ1v) is 6.50. The minimum atomic E-state index is 0.163. The van der Waals surface area contributed by atoms with Crippen molar-refractivity contribution in [1.29, 1.82) is 0 Å². The summed E-state index contributed by atoms with van der Waals surface area (Å²) in [5, 5.41) is 0. The van der Waals surface area contributed by atoms with Crippen molar-refractivity contribution in [3.63, 3.8) is 0 Å². The van der Waals surface area contributed by atoms with E-state index in [1.165, 1.54) is 0 Å². The highest BCUT2D eigenvalue weighted by Crippen LogP contribution is 2.16. The van der Waals surface area contributed by atoms with Crippen LogP contribution in [0.2, 0.25) is 0 Å². The lowest BCUT2D eigenvalue weighted by atomic mass is 10.00. The van der Waals surface area contributed by atoms with E-state index in [2.05, 4.69) is 32.7 Å². The van der Waals surface area contributed by atoms with Crippen LogP contribution in [0.25, 0.3) is 0 Å². The van der Waals surface area contributed by atoms with Crippen molar-refractivity contribution in [2.24, 2.45) is 5.73 Å². The molecule has 0 heterocycles. The first kappa shape index (κ1) is 16.4. The van der Waals surface area contributed by atoms with Crippen LogP contribution in [-0.4, -0.2) is 55.0 Å². The van der Waals surface area contributed by atoms with Gasteiger partial charge in [-0.05, 0) is 40.3 Å². The van der Waals surface area contributed by atoms with Gasteiger partial charge in [0.25, 0.3) is 0 Å². The molecule has 0 aromatic rings. The third-order valence-electron chi connectivity index (χ3n) is 3.68. The van der Waals surface area contributed by atoms with Crippen LogP contribution in [0.1, 0.15) is 40.0 Å². The third kappa shape index (κ3) is 6.03. The molecule has 0 aliphatic rings. The molecule has 0 saturated carbocycles. The molecule has 0 aliphatic heterocycles. The van der Waals surface area contributed by atoms with Crippen molar-refractivity contribution < 1.29 is 4.79 Å². The maximum atomic E-state index is 11.8. The molecule has 4 nitrogen and oxygen atoms in total. The molecule has 0 saturated heterocycles. The van der Waals surface area contributed by atoms with Gasteiger partial charge in [-0.3, -0.25) is 4.79 Å². The zero-order valence-corrected chi connectivity index (χ0v) is 12.1. The van der Waals surface area contributed by atoms with E-state index in [1.54, 1.807) is 4.90 Å². The smallest absolute Gasteiger partial charge is 0.223 e. The van der Waals surface area contributed by atoms with Gasteiger partial charge in [0, 0.05) is 32.1 Å². The Labute approximate surface area is 106 Å². The van der Waals surface area contributed by atoms with E-state index in [1.807, 2.05) is 7.05 Å². The van der Waals surface area contributed by atoms with E-state index in [9.17, 15) is 4.79 Å². The van der Waals surface area contributed by atoms with Gasteiger partial charge >= 0.3 is 0 Å². The van der Waals surface area contributed by atoms with Gasteiger partial charge in [0.05, 0.1) is 0 Å². The summed E-state index contributed by atoms with van der Waals surface area (Å²) in [4.78, 5) is 15.9. The van der Waals surface area contributed by atoms with E-state index < -0.39 is 0 Å². The van der Waals surface area contributed by atoms with Gasteiger partial charge in [-0.2, -0.15) is 0 Å². The zero-order valence-electron chi connectivity index (χ0n) is 12.1. The molecular weight excluding hydrogens is 214 g/mol. The van der Waals surface area contributed by atoms with Crippen molar-refractivity contribution in [2.75, 3.05) is 33.7 Å². The van der Waals surface area contributed by atoms with Crippen molar-refractivity contribution in [2.45, 2.75) is 45.6 Å². The van der Waals surface area contributed by atoms with Gasteiger partial charge in [-0.15, -0.1) is 0 Å². The fourth-order valence-electron chi connectivity index (χ4n) is 1.48. The summed E-state index contributed by atoms with van der Waals surface area (Å²) in [5.41, 5.74) is 5.59. The summed E-state index contributed by atoms with van der Waals surface area (Å²) in [6.45, 7) is 8.79. The number of rotatable bonds is 8. The quantitative estimate of drug-likeness (QED) is 0.699. The second kappa shape index (κ2) is 7.67. The zero-order chi connectivity index (χ0) is 13.5. The SMILES string of the molecule is CCC(C)(C)N(C)CCC(=O)N(C)CCCN. The lowest BCUT2D eigenvalue weighted by Crippen LogP contribution is -2.42. The summed E-state index contributed by atoms with van der Waals surface area (Å²) >= 11 is 0. The molecule has 0 aromatic heterocycles. The molecule has 17 heavy (non-hydrogen) atoms. The Bertz CT molecular complexity index is 229. The maximum Gasteiger partial charge on any atom is 0.223 e. The van der Waals surface area contributed by atoms with Crippen molar-refractivity contribution in [1.82, 2.24) is 9.80 Å². The molecule has 0 radical (unpaired) electrons. The van der Waals surface area contributed by atoms with Gasteiger partial charge in [-0.25, -0.2) is 0 Å². The highest BCUT2D eigenvalue weighted by Gasteiger charge is 2.21. The predicted octanol–water partition coefficient (Wildman–Crippen LogP) is 1.30. The summed E-state index contributed by atoms with van der Waals surface area (Å²) in [5.74, 6) is 0.206. The Hall–Kier alpha value is -0.610. The van der Waals surface area contributed by atoms with E-state index in [4.69, 9.17) is 5.73 Å².